The highest BCUT2D eigenvalue weighted by molar-refractivity contribution is 6.03. The fourth-order valence-corrected chi connectivity index (χ4v) is 2.84. The quantitative estimate of drug-likeness (QED) is 0.538. The molecule has 1 N–H and O–H groups in total. The Bertz CT molecular complexity index is 1120. The smallest absolute Gasteiger partial charge is 0.248 e. The van der Waals surface area contributed by atoms with E-state index < -0.39 is 0 Å². The first-order valence-electron chi connectivity index (χ1n) is 8.75. The number of carbonyl (C=O) groups excluding carboxylic acids is 1. The Labute approximate surface area is 162 Å². The Morgan fingerprint density at radius 2 is 2.00 bits per heavy atom. The third-order valence-electron chi connectivity index (χ3n) is 4.22. The minimum atomic E-state index is -0.240. The zero-order valence-corrected chi connectivity index (χ0v) is 15.2. The lowest BCUT2D eigenvalue weighted by Crippen LogP contribution is -2.09. The van der Waals surface area contributed by atoms with Gasteiger partial charge in [-0.25, -0.2) is 9.97 Å². The van der Waals surface area contributed by atoms with Crippen LogP contribution in [0.15, 0.2) is 79.3 Å². The van der Waals surface area contributed by atoms with Gasteiger partial charge in [-0.1, -0.05) is 30.3 Å². The molecule has 0 aliphatic carbocycles. The zero-order valence-electron chi connectivity index (χ0n) is 15.2. The molecule has 0 radical (unpaired) electrons. The number of imidazole rings is 1. The molecule has 28 heavy (non-hydrogen) atoms. The highest BCUT2D eigenvalue weighted by Crippen LogP contribution is 2.30. The third-order valence-corrected chi connectivity index (χ3v) is 4.22. The minimum absolute atomic E-state index is 0.240. The summed E-state index contributed by atoms with van der Waals surface area (Å²) in [6.45, 7) is 0. The van der Waals surface area contributed by atoms with Crippen LogP contribution in [-0.4, -0.2) is 27.4 Å². The van der Waals surface area contributed by atoms with E-state index in [0.29, 0.717) is 17.2 Å². The van der Waals surface area contributed by atoms with Crippen LogP contribution in [0.2, 0.25) is 0 Å². The van der Waals surface area contributed by atoms with E-state index in [2.05, 4.69) is 15.3 Å². The van der Waals surface area contributed by atoms with Gasteiger partial charge in [0, 0.05) is 30.2 Å². The van der Waals surface area contributed by atoms with Crippen LogP contribution in [0, 0.1) is 0 Å². The second-order valence-corrected chi connectivity index (χ2v) is 6.10. The van der Waals surface area contributed by atoms with Gasteiger partial charge < -0.3 is 10.1 Å². The summed E-state index contributed by atoms with van der Waals surface area (Å²) >= 11 is 0. The van der Waals surface area contributed by atoms with Gasteiger partial charge in [-0.15, -0.1) is 0 Å². The highest BCUT2D eigenvalue weighted by Gasteiger charge is 2.11. The molecule has 0 fully saturated rings. The molecule has 0 aliphatic rings. The van der Waals surface area contributed by atoms with E-state index in [-0.39, 0.29) is 5.91 Å². The number of hydrogen-bond acceptors (Lipinski definition) is 4. The molecule has 6 heteroatoms. The Kier molecular flexibility index (Phi) is 4.84. The van der Waals surface area contributed by atoms with E-state index in [0.717, 1.165) is 16.8 Å². The molecule has 0 spiro atoms. The normalized spacial score (nSPS) is 11.0. The summed E-state index contributed by atoms with van der Waals surface area (Å²) < 4.78 is 7.23. The molecule has 6 nitrogen and oxygen atoms in total. The van der Waals surface area contributed by atoms with Gasteiger partial charge in [-0.2, -0.15) is 0 Å². The van der Waals surface area contributed by atoms with Crippen LogP contribution in [-0.2, 0) is 4.79 Å². The van der Waals surface area contributed by atoms with Crippen LogP contribution in [0.1, 0.15) is 5.56 Å². The monoisotopic (exact) mass is 370 g/mol. The SMILES string of the molecule is COc1ccc(-c2cn3cccnc3n2)cc1NC(=O)/C=C\c1ccccc1. The Hall–Kier alpha value is -3.93. The number of hydrogen-bond donors (Lipinski definition) is 1. The van der Waals surface area contributed by atoms with E-state index in [9.17, 15) is 4.79 Å². The summed E-state index contributed by atoms with van der Waals surface area (Å²) in [5.74, 6) is 0.952. The molecule has 0 aliphatic heterocycles. The zero-order chi connectivity index (χ0) is 19.3. The van der Waals surface area contributed by atoms with Gasteiger partial charge in [-0.05, 0) is 35.9 Å². The van der Waals surface area contributed by atoms with Crippen molar-refractivity contribution in [1.29, 1.82) is 0 Å². The van der Waals surface area contributed by atoms with E-state index in [1.165, 1.54) is 6.08 Å². The van der Waals surface area contributed by atoms with Crippen molar-refractivity contribution < 1.29 is 9.53 Å². The van der Waals surface area contributed by atoms with Crippen molar-refractivity contribution in [3.05, 3.63) is 84.8 Å². The number of amides is 1. The maximum Gasteiger partial charge on any atom is 0.248 e. The predicted molar refractivity (Wildman–Crippen MR) is 109 cm³/mol. The Balaban J connectivity index is 1.60. The van der Waals surface area contributed by atoms with Crippen LogP contribution in [0.5, 0.6) is 5.75 Å². The van der Waals surface area contributed by atoms with Crippen LogP contribution < -0.4 is 10.1 Å². The van der Waals surface area contributed by atoms with E-state index >= 15 is 0 Å². The number of rotatable bonds is 5. The lowest BCUT2D eigenvalue weighted by Gasteiger charge is -2.10. The Morgan fingerprint density at radius 1 is 1.14 bits per heavy atom. The van der Waals surface area contributed by atoms with Crippen molar-refractivity contribution in [2.75, 3.05) is 12.4 Å². The number of aromatic nitrogens is 3. The number of anilines is 1. The average molecular weight is 370 g/mol. The molecule has 138 valence electrons. The molecule has 1 amide bonds. The van der Waals surface area contributed by atoms with Crippen LogP contribution in [0.25, 0.3) is 23.1 Å². The number of methoxy groups -OCH3 is 1. The van der Waals surface area contributed by atoms with Gasteiger partial charge in [0.15, 0.2) is 0 Å². The summed E-state index contributed by atoms with van der Waals surface area (Å²) in [7, 11) is 1.57. The predicted octanol–water partition coefficient (Wildman–Crippen LogP) is 4.06. The maximum atomic E-state index is 12.4. The second kappa shape index (κ2) is 7.75. The molecule has 0 bridgehead atoms. The van der Waals surface area contributed by atoms with Crippen LogP contribution in [0.4, 0.5) is 5.69 Å². The molecule has 2 aromatic heterocycles. The summed E-state index contributed by atoms with van der Waals surface area (Å²) in [6, 6.07) is 17.0. The van der Waals surface area contributed by atoms with Crippen molar-refractivity contribution in [2.24, 2.45) is 0 Å². The van der Waals surface area contributed by atoms with Crippen molar-refractivity contribution >= 4 is 23.4 Å². The highest BCUT2D eigenvalue weighted by atomic mass is 16.5. The van der Waals surface area contributed by atoms with Gasteiger partial charge in [0.2, 0.25) is 11.7 Å². The van der Waals surface area contributed by atoms with Gasteiger partial charge in [-0.3, -0.25) is 9.20 Å². The lowest BCUT2D eigenvalue weighted by molar-refractivity contribution is -0.111. The molecule has 2 heterocycles. The molecule has 4 rings (SSSR count). The summed E-state index contributed by atoms with van der Waals surface area (Å²) in [5, 5.41) is 2.87. The second-order valence-electron chi connectivity index (χ2n) is 6.10. The molecule has 0 saturated carbocycles. The maximum absolute atomic E-state index is 12.4. The van der Waals surface area contributed by atoms with Gasteiger partial charge in [0.25, 0.3) is 0 Å². The largest absolute Gasteiger partial charge is 0.495 e. The molecule has 0 atom stereocenters. The number of carbonyl (C=O) groups is 1. The number of fused-ring (bicyclic) bond motifs is 1. The lowest BCUT2D eigenvalue weighted by atomic mass is 10.1. The topological polar surface area (TPSA) is 68.5 Å². The molecule has 2 aromatic carbocycles. The minimum Gasteiger partial charge on any atom is -0.495 e. The van der Waals surface area contributed by atoms with Gasteiger partial charge >= 0.3 is 0 Å². The average Bonchev–Trinajstić information content (AvgIpc) is 3.17. The standard InChI is InChI=1S/C22H18N4O2/c1-28-20-10-9-17(19-15-26-13-5-12-23-22(26)25-19)14-18(20)24-21(27)11-8-16-6-3-2-4-7-16/h2-15H,1H3,(H,24,27)/b11-8-. The van der Waals surface area contributed by atoms with Crippen molar-refractivity contribution in [3.8, 4) is 17.0 Å². The van der Waals surface area contributed by atoms with Crippen molar-refractivity contribution in [2.45, 2.75) is 0 Å². The molecule has 4 aromatic rings. The van der Waals surface area contributed by atoms with Crippen molar-refractivity contribution in [1.82, 2.24) is 14.4 Å². The summed E-state index contributed by atoms with van der Waals surface area (Å²) in [4.78, 5) is 21.1. The molecular weight excluding hydrogens is 352 g/mol. The molecule has 0 saturated heterocycles. The number of nitrogens with zero attached hydrogens (tertiary/aromatic N) is 3. The van der Waals surface area contributed by atoms with Gasteiger partial charge in [0.1, 0.15) is 5.75 Å². The number of benzene rings is 2. The Morgan fingerprint density at radius 3 is 2.79 bits per heavy atom. The van der Waals surface area contributed by atoms with Crippen molar-refractivity contribution in [3.63, 3.8) is 0 Å². The molecular formula is C22H18N4O2. The van der Waals surface area contributed by atoms with Crippen LogP contribution in [0.3, 0.4) is 0 Å². The van der Waals surface area contributed by atoms with E-state index in [4.69, 9.17) is 4.74 Å². The first-order valence-corrected chi connectivity index (χ1v) is 8.75. The van der Waals surface area contributed by atoms with Gasteiger partial charge in [0.05, 0.1) is 18.5 Å². The number of nitrogens with one attached hydrogen (secondary N) is 1. The third kappa shape index (κ3) is 3.76. The first kappa shape index (κ1) is 17.5. The number of ether oxygens (including phenoxy) is 1. The molecule has 0 unspecified atom stereocenters. The van der Waals surface area contributed by atoms with Crippen LogP contribution >= 0.6 is 0 Å². The first-order chi connectivity index (χ1) is 13.7. The summed E-state index contributed by atoms with van der Waals surface area (Å²) in [5.41, 5.74) is 3.15. The van der Waals surface area contributed by atoms with E-state index in [1.807, 2.05) is 71.4 Å². The van der Waals surface area contributed by atoms with E-state index in [1.54, 1.807) is 19.4 Å². The fourth-order valence-electron chi connectivity index (χ4n) is 2.84. The summed E-state index contributed by atoms with van der Waals surface area (Å²) in [6.07, 6.45) is 8.74. The fraction of sp³-hybridized carbons (Fsp3) is 0.0455.